The quantitative estimate of drug-likeness (QED) is 0.805. The zero-order valence-electron chi connectivity index (χ0n) is 12.8. The molecule has 22 heavy (non-hydrogen) atoms. The van der Waals surface area contributed by atoms with E-state index in [0.717, 1.165) is 17.9 Å². The van der Waals surface area contributed by atoms with Crippen LogP contribution in [0.4, 0.5) is 5.69 Å². The Morgan fingerprint density at radius 1 is 1.23 bits per heavy atom. The first-order valence-electron chi connectivity index (χ1n) is 7.36. The topological polar surface area (TPSA) is 29.5 Å². The summed E-state index contributed by atoms with van der Waals surface area (Å²) in [5.41, 5.74) is 2.24. The van der Waals surface area contributed by atoms with Gasteiger partial charge in [-0.05, 0) is 55.5 Å². The summed E-state index contributed by atoms with van der Waals surface area (Å²) in [6.07, 6.45) is 2.94. The molecule has 0 bridgehead atoms. The Kier molecular flexibility index (Phi) is 4.39. The van der Waals surface area contributed by atoms with Crippen LogP contribution in [0, 0.1) is 0 Å². The molecule has 0 N–H and O–H groups in total. The number of hydrogen-bond acceptors (Lipinski definition) is 3. The summed E-state index contributed by atoms with van der Waals surface area (Å²) in [5, 5.41) is 0. The predicted octanol–water partition coefficient (Wildman–Crippen LogP) is 3.77. The highest BCUT2D eigenvalue weighted by molar-refractivity contribution is 7.98. The molecule has 2 aromatic rings. The number of thioether (sulfide) groups is 1. The molecule has 0 fully saturated rings. The number of hydrogen-bond donors (Lipinski definition) is 0. The molecule has 0 aromatic heterocycles. The Bertz CT molecular complexity index is 669. The molecule has 0 saturated heterocycles. The molecule has 0 saturated carbocycles. The van der Waals surface area contributed by atoms with Crippen molar-refractivity contribution in [2.75, 3.05) is 17.8 Å². The van der Waals surface area contributed by atoms with Crippen LogP contribution in [0.1, 0.15) is 12.5 Å². The van der Waals surface area contributed by atoms with Gasteiger partial charge in [-0.15, -0.1) is 11.8 Å². The number of anilines is 1. The summed E-state index contributed by atoms with van der Waals surface area (Å²) < 4.78 is 5.64. The molecule has 1 aliphatic heterocycles. The summed E-state index contributed by atoms with van der Waals surface area (Å²) in [4.78, 5) is 15.5. The maximum Gasteiger partial charge on any atom is 0.265 e. The molecular weight excluding hydrogens is 294 g/mol. The molecule has 3 nitrogen and oxygen atoms in total. The lowest BCUT2D eigenvalue weighted by atomic mass is 10.1. The van der Waals surface area contributed by atoms with Crippen molar-refractivity contribution >= 4 is 23.4 Å². The van der Waals surface area contributed by atoms with Crippen LogP contribution >= 0.6 is 11.8 Å². The molecule has 1 heterocycles. The van der Waals surface area contributed by atoms with Crippen molar-refractivity contribution < 1.29 is 9.53 Å². The van der Waals surface area contributed by atoms with Gasteiger partial charge in [0.25, 0.3) is 5.91 Å². The summed E-state index contributed by atoms with van der Waals surface area (Å²) in [6.45, 7) is 2.14. The first kappa shape index (κ1) is 15.0. The van der Waals surface area contributed by atoms with Crippen LogP contribution in [0.3, 0.4) is 0 Å². The van der Waals surface area contributed by atoms with Gasteiger partial charge in [-0.1, -0.05) is 18.2 Å². The molecule has 0 aliphatic carbocycles. The summed E-state index contributed by atoms with van der Waals surface area (Å²) in [6, 6.07) is 16.1. The molecule has 114 valence electrons. The molecule has 1 atom stereocenters. The van der Waals surface area contributed by atoms with Crippen LogP contribution < -0.4 is 9.64 Å². The van der Waals surface area contributed by atoms with Gasteiger partial charge in [-0.2, -0.15) is 0 Å². The first-order chi connectivity index (χ1) is 10.7. The minimum atomic E-state index is 0.00592. The standard InChI is InChI=1S/C18H19NO2S/c1-13-11-14-5-3-4-6-17(14)19(13)18(20)12-21-15-7-9-16(22-2)10-8-15/h3-10,13H,11-12H2,1-2H3/t13-/m1/s1. The van der Waals surface area contributed by atoms with Crippen LogP contribution in [0.5, 0.6) is 5.75 Å². The fraction of sp³-hybridized carbons (Fsp3) is 0.278. The van der Waals surface area contributed by atoms with E-state index in [2.05, 4.69) is 13.0 Å². The van der Waals surface area contributed by atoms with E-state index < -0.39 is 0 Å². The van der Waals surface area contributed by atoms with Crippen molar-refractivity contribution in [3.8, 4) is 5.75 Å². The van der Waals surface area contributed by atoms with Crippen LogP contribution in [-0.4, -0.2) is 24.8 Å². The van der Waals surface area contributed by atoms with E-state index in [1.165, 1.54) is 10.5 Å². The molecule has 0 spiro atoms. The van der Waals surface area contributed by atoms with E-state index >= 15 is 0 Å². The van der Waals surface area contributed by atoms with Gasteiger partial charge in [0.2, 0.25) is 0 Å². The molecular formula is C18H19NO2S. The normalized spacial score (nSPS) is 16.5. The lowest BCUT2D eigenvalue weighted by molar-refractivity contribution is -0.120. The number of amides is 1. The number of benzene rings is 2. The second-order valence-electron chi connectivity index (χ2n) is 5.41. The van der Waals surface area contributed by atoms with Gasteiger partial charge in [0.05, 0.1) is 0 Å². The van der Waals surface area contributed by atoms with Gasteiger partial charge < -0.3 is 9.64 Å². The Morgan fingerprint density at radius 2 is 1.95 bits per heavy atom. The van der Waals surface area contributed by atoms with Gasteiger partial charge in [0.15, 0.2) is 6.61 Å². The number of ether oxygens (including phenoxy) is 1. The molecule has 1 aliphatic rings. The second-order valence-corrected chi connectivity index (χ2v) is 6.29. The van der Waals surface area contributed by atoms with E-state index in [1.807, 2.05) is 53.6 Å². The smallest absolute Gasteiger partial charge is 0.265 e. The number of para-hydroxylation sites is 1. The van der Waals surface area contributed by atoms with Crippen molar-refractivity contribution in [1.82, 2.24) is 0 Å². The molecule has 0 unspecified atom stereocenters. The van der Waals surface area contributed by atoms with Gasteiger partial charge in [-0.25, -0.2) is 0 Å². The third kappa shape index (κ3) is 2.97. The maximum atomic E-state index is 12.5. The largest absolute Gasteiger partial charge is 0.484 e. The van der Waals surface area contributed by atoms with Gasteiger partial charge >= 0.3 is 0 Å². The van der Waals surface area contributed by atoms with E-state index in [4.69, 9.17) is 4.74 Å². The first-order valence-corrected chi connectivity index (χ1v) is 8.58. The van der Waals surface area contributed by atoms with Crippen molar-refractivity contribution in [2.24, 2.45) is 0 Å². The SMILES string of the molecule is CSc1ccc(OCC(=O)N2c3ccccc3C[C@H]2C)cc1. The van der Waals surface area contributed by atoms with Crippen molar-refractivity contribution in [3.05, 3.63) is 54.1 Å². The summed E-state index contributed by atoms with van der Waals surface area (Å²) in [7, 11) is 0. The lowest BCUT2D eigenvalue weighted by Crippen LogP contribution is -2.39. The zero-order chi connectivity index (χ0) is 15.5. The Balaban J connectivity index is 1.67. The number of fused-ring (bicyclic) bond motifs is 1. The van der Waals surface area contributed by atoms with Crippen molar-refractivity contribution in [3.63, 3.8) is 0 Å². The Hall–Kier alpha value is -1.94. The molecule has 1 amide bonds. The highest BCUT2D eigenvalue weighted by Crippen LogP contribution is 2.31. The van der Waals surface area contributed by atoms with Gasteiger partial charge in [-0.3, -0.25) is 4.79 Å². The number of carbonyl (C=O) groups is 1. The fourth-order valence-corrected chi connectivity index (χ4v) is 3.24. The van der Waals surface area contributed by atoms with Crippen LogP contribution in [0.25, 0.3) is 0 Å². The summed E-state index contributed by atoms with van der Waals surface area (Å²) >= 11 is 1.68. The predicted molar refractivity (Wildman–Crippen MR) is 90.8 cm³/mol. The third-order valence-corrected chi connectivity index (χ3v) is 4.64. The van der Waals surface area contributed by atoms with Gasteiger partial charge in [0.1, 0.15) is 5.75 Å². The minimum absolute atomic E-state index is 0.00592. The third-order valence-electron chi connectivity index (χ3n) is 3.90. The second kappa shape index (κ2) is 6.44. The van der Waals surface area contributed by atoms with E-state index in [0.29, 0.717) is 0 Å². The van der Waals surface area contributed by atoms with Crippen molar-refractivity contribution in [1.29, 1.82) is 0 Å². The summed E-state index contributed by atoms with van der Waals surface area (Å²) in [5.74, 6) is 0.734. The van der Waals surface area contributed by atoms with Gasteiger partial charge in [0, 0.05) is 16.6 Å². The van der Waals surface area contributed by atoms with E-state index in [9.17, 15) is 4.79 Å². The fourth-order valence-electron chi connectivity index (χ4n) is 2.83. The van der Waals surface area contributed by atoms with E-state index in [-0.39, 0.29) is 18.6 Å². The van der Waals surface area contributed by atoms with Crippen LogP contribution in [0.2, 0.25) is 0 Å². The average Bonchev–Trinajstić information content (AvgIpc) is 2.89. The van der Waals surface area contributed by atoms with Crippen LogP contribution in [0.15, 0.2) is 53.4 Å². The molecule has 3 rings (SSSR count). The van der Waals surface area contributed by atoms with Crippen molar-refractivity contribution in [2.45, 2.75) is 24.3 Å². The van der Waals surface area contributed by atoms with E-state index in [1.54, 1.807) is 11.8 Å². The molecule has 4 heteroatoms. The minimum Gasteiger partial charge on any atom is -0.484 e. The zero-order valence-corrected chi connectivity index (χ0v) is 13.6. The number of nitrogens with zero attached hydrogens (tertiary/aromatic N) is 1. The molecule has 2 aromatic carbocycles. The number of carbonyl (C=O) groups excluding carboxylic acids is 1. The lowest BCUT2D eigenvalue weighted by Gasteiger charge is -2.22. The Morgan fingerprint density at radius 3 is 2.68 bits per heavy atom. The highest BCUT2D eigenvalue weighted by atomic mass is 32.2. The molecule has 0 radical (unpaired) electrons. The highest BCUT2D eigenvalue weighted by Gasteiger charge is 2.30. The Labute approximate surface area is 135 Å². The monoisotopic (exact) mass is 313 g/mol. The average molecular weight is 313 g/mol. The maximum absolute atomic E-state index is 12.5. The number of rotatable bonds is 4. The van der Waals surface area contributed by atoms with Crippen LogP contribution in [-0.2, 0) is 11.2 Å².